The van der Waals surface area contributed by atoms with Crippen LogP contribution in [0.4, 0.5) is 0 Å². The fourth-order valence-corrected chi connectivity index (χ4v) is 1.69. The lowest BCUT2D eigenvalue weighted by Crippen LogP contribution is -2.36. The molecule has 0 saturated heterocycles. The van der Waals surface area contributed by atoms with Crippen molar-refractivity contribution >= 4 is 5.91 Å². The van der Waals surface area contributed by atoms with E-state index in [1.807, 2.05) is 19.1 Å². The van der Waals surface area contributed by atoms with E-state index >= 15 is 0 Å². The third-order valence-electron chi connectivity index (χ3n) is 2.84. The molecule has 1 aromatic heterocycles. The molecule has 0 aromatic carbocycles. The molecule has 0 aliphatic carbocycles. The minimum atomic E-state index is -0.577. The summed E-state index contributed by atoms with van der Waals surface area (Å²) in [5, 5.41) is 6.03. The zero-order valence-electron chi connectivity index (χ0n) is 13.3. The van der Waals surface area contributed by atoms with Crippen LogP contribution in [0.15, 0.2) is 24.8 Å². The summed E-state index contributed by atoms with van der Waals surface area (Å²) in [6, 6.07) is 4.09. The number of carbonyl (C=O) groups excluding carboxylic acids is 1. The van der Waals surface area contributed by atoms with Gasteiger partial charge in [-0.25, -0.2) is 0 Å². The Morgan fingerprint density at radius 1 is 1.43 bits per heavy atom. The van der Waals surface area contributed by atoms with Crippen LogP contribution < -0.4 is 15.4 Å². The lowest BCUT2D eigenvalue weighted by Gasteiger charge is -2.17. The maximum absolute atomic E-state index is 11.8. The van der Waals surface area contributed by atoms with E-state index in [0.29, 0.717) is 24.9 Å². The average Bonchev–Trinajstić information content (AvgIpc) is 2.44. The largest absolute Gasteiger partial charge is 0.479 e. The lowest BCUT2D eigenvalue weighted by molar-refractivity contribution is -0.127. The minimum absolute atomic E-state index is 0.168. The number of carbonyl (C=O) groups is 1. The van der Waals surface area contributed by atoms with Crippen molar-refractivity contribution in [3.63, 3.8) is 0 Å². The van der Waals surface area contributed by atoms with Crippen molar-refractivity contribution in [2.24, 2.45) is 0 Å². The van der Waals surface area contributed by atoms with Gasteiger partial charge in [-0.15, -0.1) is 6.58 Å². The van der Waals surface area contributed by atoms with Gasteiger partial charge < -0.3 is 15.4 Å². The maximum atomic E-state index is 11.8. The number of aromatic nitrogens is 1. The van der Waals surface area contributed by atoms with Crippen LogP contribution in [0.3, 0.4) is 0 Å². The number of pyridine rings is 1. The normalized spacial score (nSPS) is 12.0. The molecule has 21 heavy (non-hydrogen) atoms. The van der Waals surface area contributed by atoms with Crippen molar-refractivity contribution < 1.29 is 9.53 Å². The van der Waals surface area contributed by atoms with Crippen molar-refractivity contribution in [3.8, 4) is 5.75 Å². The highest BCUT2D eigenvalue weighted by Gasteiger charge is 2.16. The molecule has 0 spiro atoms. The van der Waals surface area contributed by atoms with Crippen molar-refractivity contribution in [1.82, 2.24) is 15.6 Å². The summed E-state index contributed by atoms with van der Waals surface area (Å²) in [5.41, 5.74) is 1.73. The Morgan fingerprint density at radius 3 is 2.76 bits per heavy atom. The molecule has 1 rings (SSSR count). The van der Waals surface area contributed by atoms with Gasteiger partial charge in [0, 0.05) is 24.8 Å². The molecule has 0 aliphatic rings. The van der Waals surface area contributed by atoms with E-state index in [4.69, 9.17) is 4.74 Å². The van der Waals surface area contributed by atoms with Gasteiger partial charge in [0.1, 0.15) is 5.75 Å². The first kappa shape index (κ1) is 17.2. The number of hydrogen-bond acceptors (Lipinski definition) is 4. The van der Waals surface area contributed by atoms with Crippen LogP contribution in [0.5, 0.6) is 5.75 Å². The topological polar surface area (TPSA) is 63.2 Å². The predicted octanol–water partition coefficient (Wildman–Crippen LogP) is 1.96. The van der Waals surface area contributed by atoms with Crippen LogP contribution in [0, 0.1) is 6.92 Å². The summed E-state index contributed by atoms with van der Waals surface area (Å²) in [5.74, 6) is 0.466. The quantitative estimate of drug-likeness (QED) is 0.719. The first-order valence-corrected chi connectivity index (χ1v) is 7.19. The van der Waals surface area contributed by atoms with E-state index < -0.39 is 6.10 Å². The molecule has 1 heterocycles. The molecule has 1 atom stereocenters. The van der Waals surface area contributed by atoms with Gasteiger partial charge >= 0.3 is 0 Å². The highest BCUT2D eigenvalue weighted by atomic mass is 16.5. The summed E-state index contributed by atoms with van der Waals surface area (Å²) >= 11 is 0. The number of amides is 1. The molecule has 0 aliphatic heterocycles. The van der Waals surface area contributed by atoms with Gasteiger partial charge in [0.15, 0.2) is 6.10 Å². The van der Waals surface area contributed by atoms with E-state index in [9.17, 15) is 4.79 Å². The number of hydrogen-bond donors (Lipinski definition) is 2. The number of nitrogens with zero attached hydrogens (tertiary/aromatic N) is 1. The van der Waals surface area contributed by atoms with Gasteiger partial charge in [0.25, 0.3) is 5.91 Å². The highest BCUT2D eigenvalue weighted by molar-refractivity contribution is 5.80. The van der Waals surface area contributed by atoms with Crippen LogP contribution in [0.2, 0.25) is 0 Å². The molecule has 0 saturated carbocycles. The van der Waals surface area contributed by atoms with Crippen molar-refractivity contribution in [2.45, 2.75) is 46.4 Å². The maximum Gasteiger partial charge on any atom is 0.261 e. The summed E-state index contributed by atoms with van der Waals surface area (Å²) < 4.78 is 5.74. The second-order valence-electron chi connectivity index (χ2n) is 5.23. The Kier molecular flexibility index (Phi) is 6.88. The molecule has 0 bridgehead atoms. The summed E-state index contributed by atoms with van der Waals surface area (Å²) in [6.45, 7) is 12.4. The molecular formula is C16H25N3O2. The van der Waals surface area contributed by atoms with E-state index in [1.54, 1.807) is 13.0 Å². The molecule has 5 nitrogen and oxygen atoms in total. The third-order valence-corrected chi connectivity index (χ3v) is 2.84. The number of rotatable bonds is 8. The molecule has 116 valence electrons. The molecule has 2 N–H and O–H groups in total. The first-order valence-electron chi connectivity index (χ1n) is 7.19. The zero-order chi connectivity index (χ0) is 15.8. The highest BCUT2D eigenvalue weighted by Crippen LogP contribution is 2.18. The lowest BCUT2D eigenvalue weighted by atomic mass is 10.2. The van der Waals surface area contributed by atoms with E-state index in [-0.39, 0.29) is 5.91 Å². The van der Waals surface area contributed by atoms with Crippen molar-refractivity contribution in [1.29, 1.82) is 0 Å². The van der Waals surface area contributed by atoms with Crippen molar-refractivity contribution in [3.05, 3.63) is 36.2 Å². The monoisotopic (exact) mass is 291 g/mol. The van der Waals surface area contributed by atoms with Gasteiger partial charge in [-0.2, -0.15) is 0 Å². The zero-order valence-corrected chi connectivity index (χ0v) is 13.3. The van der Waals surface area contributed by atoms with Crippen LogP contribution >= 0.6 is 0 Å². The van der Waals surface area contributed by atoms with Gasteiger partial charge in [-0.1, -0.05) is 19.9 Å². The summed E-state index contributed by atoms with van der Waals surface area (Å²) in [4.78, 5) is 16.3. The molecule has 1 unspecified atom stereocenters. The van der Waals surface area contributed by atoms with E-state index in [0.717, 1.165) is 11.4 Å². The van der Waals surface area contributed by atoms with Crippen LogP contribution in [0.1, 0.15) is 32.2 Å². The van der Waals surface area contributed by atoms with Crippen LogP contribution in [0.25, 0.3) is 0 Å². The molecule has 1 aromatic rings. The molecule has 5 heteroatoms. The number of aryl methyl sites for hydroxylation is 1. The second-order valence-corrected chi connectivity index (χ2v) is 5.23. The number of nitrogens with one attached hydrogen (secondary N) is 2. The van der Waals surface area contributed by atoms with Crippen molar-refractivity contribution in [2.75, 3.05) is 6.54 Å². The first-order chi connectivity index (χ1) is 9.93. The molecule has 0 fully saturated rings. The fourth-order valence-electron chi connectivity index (χ4n) is 1.69. The summed E-state index contributed by atoms with van der Waals surface area (Å²) in [7, 11) is 0. The van der Waals surface area contributed by atoms with Gasteiger partial charge in [0.05, 0.1) is 5.69 Å². The Labute approximate surface area is 126 Å². The predicted molar refractivity (Wildman–Crippen MR) is 84.2 cm³/mol. The van der Waals surface area contributed by atoms with Gasteiger partial charge in [-0.3, -0.25) is 9.78 Å². The van der Waals surface area contributed by atoms with E-state index in [1.165, 1.54) is 0 Å². The standard InChI is InChI=1S/C16H25N3O2/c1-6-9-17-16(20)13(5)21-15-8-7-12(4)19-14(15)10-18-11(2)3/h6-8,11,13,18H,1,9-10H2,2-5H3,(H,17,20). The Balaban J connectivity index is 2.76. The molecular weight excluding hydrogens is 266 g/mol. The Morgan fingerprint density at radius 2 is 2.14 bits per heavy atom. The van der Waals surface area contributed by atoms with E-state index in [2.05, 4.69) is 36.0 Å². The minimum Gasteiger partial charge on any atom is -0.479 e. The van der Waals surface area contributed by atoms with Gasteiger partial charge in [-0.05, 0) is 26.0 Å². The molecule has 1 amide bonds. The number of ether oxygens (including phenoxy) is 1. The van der Waals surface area contributed by atoms with Gasteiger partial charge in [0.2, 0.25) is 0 Å². The summed E-state index contributed by atoms with van der Waals surface area (Å²) in [6.07, 6.45) is 1.06. The Bertz CT molecular complexity index is 486. The van der Waals surface area contributed by atoms with Crippen LogP contribution in [-0.2, 0) is 11.3 Å². The average molecular weight is 291 g/mol. The third kappa shape index (κ3) is 5.95. The second kappa shape index (κ2) is 8.42. The smallest absolute Gasteiger partial charge is 0.261 e. The SMILES string of the molecule is C=CCNC(=O)C(C)Oc1ccc(C)nc1CNC(C)C. The van der Waals surface area contributed by atoms with Crippen LogP contribution in [-0.4, -0.2) is 29.6 Å². The fraction of sp³-hybridized carbons (Fsp3) is 0.500. The molecule has 0 radical (unpaired) electrons. The Hall–Kier alpha value is -1.88.